The van der Waals surface area contributed by atoms with Crippen molar-refractivity contribution in [3.63, 3.8) is 0 Å². The highest BCUT2D eigenvalue weighted by atomic mass is 32.1. The Kier molecular flexibility index (Phi) is 9.62. The molecule has 9 heteroatoms. The summed E-state index contributed by atoms with van der Waals surface area (Å²) < 4.78 is 5.42. The number of quaternary nitrogens is 1. The van der Waals surface area contributed by atoms with Crippen LogP contribution in [0, 0.1) is 6.92 Å². The molecule has 34 heavy (non-hydrogen) atoms. The number of piperidine rings is 1. The van der Waals surface area contributed by atoms with Crippen molar-refractivity contribution in [3.8, 4) is 0 Å². The first kappa shape index (κ1) is 25.9. The summed E-state index contributed by atoms with van der Waals surface area (Å²) >= 11 is 1.31. The van der Waals surface area contributed by atoms with Crippen LogP contribution in [-0.4, -0.2) is 68.6 Å². The van der Waals surface area contributed by atoms with Crippen LogP contribution in [0.4, 0.5) is 5.69 Å². The molecule has 0 aliphatic carbocycles. The molecule has 3 rings (SSSR count). The van der Waals surface area contributed by atoms with Gasteiger partial charge in [0.1, 0.15) is 4.88 Å². The number of amides is 3. The molecule has 1 saturated heterocycles. The van der Waals surface area contributed by atoms with Gasteiger partial charge in [0.15, 0.2) is 13.1 Å². The minimum Gasteiger partial charge on any atom is -0.383 e. The number of ether oxygens (including phenoxy) is 1. The number of hydrogen-bond acceptors (Lipinski definition) is 5. The zero-order valence-electron chi connectivity index (χ0n) is 20.0. The normalized spacial score (nSPS) is 14.9. The van der Waals surface area contributed by atoms with E-state index in [4.69, 9.17) is 4.74 Å². The zero-order valence-corrected chi connectivity index (χ0v) is 20.8. The van der Waals surface area contributed by atoms with E-state index >= 15 is 0 Å². The summed E-state index contributed by atoms with van der Waals surface area (Å²) in [5, 5.41) is 10.6. The lowest BCUT2D eigenvalue weighted by Crippen LogP contribution is -2.59. The smallest absolute Gasteiger partial charge is 0.279 e. The van der Waals surface area contributed by atoms with E-state index in [9.17, 15) is 14.4 Å². The molecule has 3 N–H and O–H groups in total. The molecule has 0 atom stereocenters. The molecule has 184 valence electrons. The first-order chi connectivity index (χ1) is 16.4. The Hall–Kier alpha value is -2.75. The van der Waals surface area contributed by atoms with Gasteiger partial charge in [0.05, 0.1) is 25.4 Å². The fourth-order valence-corrected chi connectivity index (χ4v) is 5.23. The highest BCUT2D eigenvalue weighted by Crippen LogP contribution is 2.28. The van der Waals surface area contributed by atoms with E-state index < -0.39 is 0 Å². The third-order valence-electron chi connectivity index (χ3n) is 6.09. The number of rotatable bonds is 11. The lowest BCUT2D eigenvalue weighted by Gasteiger charge is -2.40. The van der Waals surface area contributed by atoms with Crippen molar-refractivity contribution in [2.45, 2.75) is 32.7 Å². The van der Waals surface area contributed by atoms with Gasteiger partial charge >= 0.3 is 0 Å². The summed E-state index contributed by atoms with van der Waals surface area (Å²) in [4.78, 5) is 39.0. The Morgan fingerprint density at radius 2 is 1.71 bits per heavy atom. The van der Waals surface area contributed by atoms with Crippen LogP contribution in [0.2, 0.25) is 0 Å². The Morgan fingerprint density at radius 1 is 1.00 bits per heavy atom. The predicted molar refractivity (Wildman–Crippen MR) is 134 cm³/mol. The number of aryl methyl sites for hydroxylation is 1. The van der Waals surface area contributed by atoms with E-state index in [0.29, 0.717) is 34.7 Å². The van der Waals surface area contributed by atoms with Crippen molar-refractivity contribution in [2.24, 2.45) is 0 Å². The minimum atomic E-state index is -0.229. The van der Waals surface area contributed by atoms with Gasteiger partial charge in [0.2, 0.25) is 0 Å². The number of thiophene rings is 1. The number of likely N-dealkylation sites (tertiary alicyclic amines) is 1. The number of anilines is 1. The summed E-state index contributed by atoms with van der Waals surface area (Å²) in [5.41, 5.74) is 2.44. The average molecular weight is 488 g/mol. The SMILES string of the molecule is COCCNC(=O)c1scc(C)c1NC(=O)C[N+]1(CC(=O)NCc2ccccc2)CCCCC1. The van der Waals surface area contributed by atoms with Gasteiger partial charge in [-0.25, -0.2) is 0 Å². The zero-order chi connectivity index (χ0) is 24.4. The van der Waals surface area contributed by atoms with Gasteiger partial charge in [-0.2, -0.15) is 0 Å². The first-order valence-electron chi connectivity index (χ1n) is 11.7. The first-order valence-corrected chi connectivity index (χ1v) is 12.6. The van der Waals surface area contributed by atoms with Gasteiger partial charge < -0.3 is 25.2 Å². The second kappa shape index (κ2) is 12.6. The number of hydrogen-bond donors (Lipinski definition) is 3. The number of nitrogens with zero attached hydrogens (tertiary/aromatic N) is 1. The van der Waals surface area contributed by atoms with E-state index in [0.717, 1.165) is 43.5 Å². The molecule has 1 aliphatic rings. The molecule has 0 radical (unpaired) electrons. The minimum absolute atomic E-state index is 0.0523. The molecule has 3 amide bonds. The molecule has 1 aromatic carbocycles. The summed E-state index contributed by atoms with van der Waals surface area (Å²) in [5.74, 6) is -0.457. The van der Waals surface area contributed by atoms with Gasteiger partial charge in [-0.15, -0.1) is 11.3 Å². The van der Waals surface area contributed by atoms with Gasteiger partial charge in [-0.1, -0.05) is 30.3 Å². The molecule has 0 spiro atoms. The summed E-state index contributed by atoms with van der Waals surface area (Å²) in [6.07, 6.45) is 3.09. The predicted octanol–water partition coefficient (Wildman–Crippen LogP) is 2.69. The monoisotopic (exact) mass is 487 g/mol. The van der Waals surface area contributed by atoms with Crippen LogP contribution in [0.5, 0.6) is 0 Å². The van der Waals surface area contributed by atoms with Crippen molar-refractivity contribution in [1.29, 1.82) is 0 Å². The summed E-state index contributed by atoms with van der Waals surface area (Å²) in [6.45, 7) is 5.23. The van der Waals surface area contributed by atoms with E-state index in [1.54, 1.807) is 7.11 Å². The molecule has 1 aromatic heterocycles. The third-order valence-corrected chi connectivity index (χ3v) is 7.19. The van der Waals surface area contributed by atoms with Gasteiger partial charge in [0, 0.05) is 20.2 Å². The van der Waals surface area contributed by atoms with Crippen molar-refractivity contribution in [2.75, 3.05) is 51.8 Å². The van der Waals surface area contributed by atoms with Crippen molar-refractivity contribution in [1.82, 2.24) is 10.6 Å². The second-order valence-electron chi connectivity index (χ2n) is 8.85. The fraction of sp³-hybridized carbons (Fsp3) is 0.480. The Balaban J connectivity index is 1.63. The maximum absolute atomic E-state index is 13.1. The van der Waals surface area contributed by atoms with E-state index in [2.05, 4.69) is 16.0 Å². The number of carbonyl (C=O) groups is 3. The van der Waals surface area contributed by atoms with E-state index in [-0.39, 0.29) is 30.8 Å². The quantitative estimate of drug-likeness (QED) is 0.335. The van der Waals surface area contributed by atoms with Crippen LogP contribution in [0.3, 0.4) is 0 Å². The summed E-state index contributed by atoms with van der Waals surface area (Å²) in [7, 11) is 1.58. The third kappa shape index (κ3) is 7.38. The maximum Gasteiger partial charge on any atom is 0.279 e. The second-order valence-corrected chi connectivity index (χ2v) is 9.73. The van der Waals surface area contributed by atoms with Crippen molar-refractivity contribution >= 4 is 34.7 Å². The molecule has 0 unspecified atom stereocenters. The summed E-state index contributed by atoms with van der Waals surface area (Å²) in [6, 6.07) is 9.80. The lowest BCUT2D eigenvalue weighted by molar-refractivity contribution is -0.917. The van der Waals surface area contributed by atoms with Crippen LogP contribution in [0.15, 0.2) is 35.7 Å². The van der Waals surface area contributed by atoms with Gasteiger partial charge in [-0.05, 0) is 42.7 Å². The molecular weight excluding hydrogens is 452 g/mol. The van der Waals surface area contributed by atoms with Gasteiger partial charge in [-0.3, -0.25) is 14.4 Å². The molecule has 0 bridgehead atoms. The highest BCUT2D eigenvalue weighted by molar-refractivity contribution is 7.13. The number of carbonyl (C=O) groups excluding carboxylic acids is 3. The average Bonchev–Trinajstić information content (AvgIpc) is 3.18. The largest absolute Gasteiger partial charge is 0.383 e. The number of nitrogens with one attached hydrogen (secondary N) is 3. The molecular formula is C25H35N4O4S+. The van der Waals surface area contributed by atoms with Crippen molar-refractivity contribution < 1.29 is 23.6 Å². The van der Waals surface area contributed by atoms with Crippen LogP contribution in [-0.2, 0) is 20.9 Å². The molecule has 2 heterocycles. The fourth-order valence-electron chi connectivity index (χ4n) is 4.31. The molecule has 2 aromatic rings. The number of benzene rings is 1. The van der Waals surface area contributed by atoms with Crippen molar-refractivity contribution in [3.05, 3.63) is 51.7 Å². The highest BCUT2D eigenvalue weighted by Gasteiger charge is 2.35. The van der Waals surface area contributed by atoms with Crippen LogP contribution in [0.25, 0.3) is 0 Å². The van der Waals surface area contributed by atoms with Crippen LogP contribution in [0.1, 0.15) is 40.1 Å². The van der Waals surface area contributed by atoms with Crippen LogP contribution < -0.4 is 16.0 Å². The maximum atomic E-state index is 13.1. The standard InChI is InChI=1S/C25H34N4O4S/c1-19-18-34-24(25(32)26-11-14-33-2)23(19)28-22(31)17-29(12-7-4-8-13-29)16-21(30)27-15-20-9-5-3-6-10-20/h3,5-6,9-10,18H,4,7-8,11-17H2,1-2H3,(H2-,26,27,28,30,31,32)/p+1. The Morgan fingerprint density at radius 3 is 2.41 bits per heavy atom. The topological polar surface area (TPSA) is 96.5 Å². The Bertz CT molecular complexity index is 971. The molecule has 1 aliphatic heterocycles. The molecule has 0 saturated carbocycles. The van der Waals surface area contributed by atoms with E-state index in [1.807, 2.05) is 42.6 Å². The van der Waals surface area contributed by atoms with Crippen LogP contribution >= 0.6 is 11.3 Å². The molecule has 1 fully saturated rings. The van der Waals surface area contributed by atoms with Gasteiger partial charge in [0.25, 0.3) is 17.7 Å². The number of methoxy groups -OCH3 is 1. The van der Waals surface area contributed by atoms with E-state index in [1.165, 1.54) is 11.3 Å². The Labute approximate surface area is 205 Å². The lowest BCUT2D eigenvalue weighted by atomic mass is 10.1. The molecule has 8 nitrogen and oxygen atoms in total.